The van der Waals surface area contributed by atoms with Crippen LogP contribution >= 0.6 is 0 Å². The highest BCUT2D eigenvalue weighted by Crippen LogP contribution is 2.33. The van der Waals surface area contributed by atoms with Gasteiger partial charge in [-0.15, -0.1) is 0 Å². The first-order valence-corrected chi connectivity index (χ1v) is 11.4. The Bertz CT molecular complexity index is 1100. The number of hydrogen-bond donors (Lipinski definition) is 1. The Kier molecular flexibility index (Phi) is 4.58. The van der Waals surface area contributed by atoms with Gasteiger partial charge < -0.3 is 4.90 Å². The van der Waals surface area contributed by atoms with E-state index in [1.807, 2.05) is 13.8 Å². The molecule has 1 atom stereocenters. The number of aromatic amines is 1. The maximum Gasteiger partial charge on any atom is 0.276 e. The van der Waals surface area contributed by atoms with Crippen molar-refractivity contribution < 1.29 is 13.2 Å². The van der Waals surface area contributed by atoms with Crippen molar-refractivity contribution in [3.05, 3.63) is 33.4 Å². The summed E-state index contributed by atoms with van der Waals surface area (Å²) in [7, 11) is -3.33. The standard InChI is InChI=1S/C18H25N5O4S/c1-11(2)17(24)21-8-6-12-14(10-21)19-16-9-13(20-23(16)18(12)25)15-5-4-7-22(15)28(3,26)27/h9,11,15,20H,4-8,10H2,1-3H3. The number of fused-ring (bicyclic) bond motifs is 2. The lowest BCUT2D eigenvalue weighted by Crippen LogP contribution is -2.41. The SMILES string of the molecule is CC(C)C(=O)N1CCc2c(nc3cc(C4CCCN4S(C)(=O)=O)[nH]n3c2=O)C1. The Morgan fingerprint density at radius 2 is 2.07 bits per heavy atom. The molecule has 4 rings (SSSR count). The van der Waals surface area contributed by atoms with E-state index in [1.54, 1.807) is 11.0 Å². The van der Waals surface area contributed by atoms with E-state index < -0.39 is 10.0 Å². The molecule has 0 bridgehead atoms. The number of aromatic nitrogens is 3. The molecule has 0 saturated carbocycles. The summed E-state index contributed by atoms with van der Waals surface area (Å²) < 4.78 is 27.0. The Morgan fingerprint density at radius 1 is 1.32 bits per heavy atom. The minimum Gasteiger partial charge on any atom is -0.336 e. The maximum absolute atomic E-state index is 12.9. The Morgan fingerprint density at radius 3 is 2.75 bits per heavy atom. The highest BCUT2D eigenvalue weighted by molar-refractivity contribution is 7.88. The van der Waals surface area contributed by atoms with Crippen LogP contribution in [0.25, 0.3) is 5.65 Å². The van der Waals surface area contributed by atoms with Crippen LogP contribution in [0.4, 0.5) is 0 Å². The summed E-state index contributed by atoms with van der Waals surface area (Å²) >= 11 is 0. The molecule has 152 valence electrons. The van der Waals surface area contributed by atoms with Crippen LogP contribution < -0.4 is 5.56 Å². The van der Waals surface area contributed by atoms with Gasteiger partial charge in [0.05, 0.1) is 30.2 Å². The lowest BCUT2D eigenvalue weighted by Gasteiger charge is -2.29. The van der Waals surface area contributed by atoms with E-state index in [0.717, 1.165) is 6.42 Å². The van der Waals surface area contributed by atoms with Gasteiger partial charge in [-0.05, 0) is 19.3 Å². The molecule has 28 heavy (non-hydrogen) atoms. The Hall–Kier alpha value is -2.20. The summed E-state index contributed by atoms with van der Waals surface area (Å²) in [5, 5.41) is 3.07. The number of amides is 1. The zero-order valence-electron chi connectivity index (χ0n) is 16.3. The normalized spacial score (nSPS) is 20.9. The van der Waals surface area contributed by atoms with Gasteiger partial charge in [0, 0.05) is 30.6 Å². The molecular formula is C18H25N5O4S. The molecular weight excluding hydrogens is 382 g/mol. The van der Waals surface area contributed by atoms with Crippen LogP contribution in [0.15, 0.2) is 10.9 Å². The van der Waals surface area contributed by atoms with E-state index in [2.05, 4.69) is 10.1 Å². The average Bonchev–Trinajstić information content (AvgIpc) is 3.27. The number of nitrogens with one attached hydrogen (secondary N) is 1. The summed E-state index contributed by atoms with van der Waals surface area (Å²) in [5.41, 5.74) is 2.20. The van der Waals surface area contributed by atoms with Gasteiger partial charge in [0.2, 0.25) is 15.9 Å². The van der Waals surface area contributed by atoms with E-state index in [9.17, 15) is 18.0 Å². The van der Waals surface area contributed by atoms with Crippen molar-refractivity contribution in [2.24, 2.45) is 5.92 Å². The molecule has 2 aliphatic heterocycles. The molecule has 0 aromatic carbocycles. The third-order valence-electron chi connectivity index (χ3n) is 5.58. The highest BCUT2D eigenvalue weighted by Gasteiger charge is 2.34. The zero-order chi connectivity index (χ0) is 20.2. The first-order chi connectivity index (χ1) is 13.2. The molecule has 0 spiro atoms. The lowest BCUT2D eigenvalue weighted by atomic mass is 10.0. The number of carbonyl (C=O) groups is 1. The number of carbonyl (C=O) groups excluding carboxylic acids is 1. The number of H-pyrrole nitrogens is 1. The molecule has 1 unspecified atom stereocenters. The van der Waals surface area contributed by atoms with Crippen LogP contribution in [0, 0.1) is 5.92 Å². The summed E-state index contributed by atoms with van der Waals surface area (Å²) in [6, 6.07) is 1.44. The quantitative estimate of drug-likeness (QED) is 0.804. The van der Waals surface area contributed by atoms with Crippen LogP contribution in [0.5, 0.6) is 0 Å². The molecule has 1 N–H and O–H groups in total. The third kappa shape index (κ3) is 3.14. The predicted molar refractivity (Wildman–Crippen MR) is 103 cm³/mol. The Balaban J connectivity index is 1.73. The Labute approximate surface area is 163 Å². The van der Waals surface area contributed by atoms with Gasteiger partial charge >= 0.3 is 0 Å². The summed E-state index contributed by atoms with van der Waals surface area (Å²) in [6.45, 7) is 5.03. The molecule has 1 saturated heterocycles. The molecule has 2 aromatic heterocycles. The maximum atomic E-state index is 12.9. The number of hydrogen-bond acceptors (Lipinski definition) is 5. The fraction of sp³-hybridized carbons (Fsp3) is 0.611. The molecule has 0 radical (unpaired) electrons. The minimum atomic E-state index is -3.33. The second kappa shape index (κ2) is 6.70. The minimum absolute atomic E-state index is 0.0529. The van der Waals surface area contributed by atoms with Crippen molar-refractivity contribution in [2.75, 3.05) is 19.3 Å². The van der Waals surface area contributed by atoms with E-state index in [1.165, 1.54) is 15.1 Å². The van der Waals surface area contributed by atoms with Gasteiger partial charge in [-0.3, -0.25) is 14.7 Å². The van der Waals surface area contributed by atoms with E-state index in [0.29, 0.717) is 55.1 Å². The van der Waals surface area contributed by atoms with Crippen LogP contribution in [-0.4, -0.2) is 57.5 Å². The van der Waals surface area contributed by atoms with Gasteiger partial charge in [-0.2, -0.15) is 4.31 Å². The molecule has 1 fully saturated rings. The van der Waals surface area contributed by atoms with E-state index in [-0.39, 0.29) is 23.4 Å². The molecule has 10 heteroatoms. The molecule has 9 nitrogen and oxygen atoms in total. The number of nitrogens with zero attached hydrogens (tertiary/aromatic N) is 4. The van der Waals surface area contributed by atoms with Gasteiger partial charge in [0.25, 0.3) is 5.56 Å². The molecule has 4 heterocycles. The summed E-state index contributed by atoms with van der Waals surface area (Å²) in [4.78, 5) is 31.6. The average molecular weight is 407 g/mol. The van der Waals surface area contributed by atoms with Crippen LogP contribution in [0.1, 0.15) is 49.7 Å². The zero-order valence-corrected chi connectivity index (χ0v) is 17.1. The smallest absolute Gasteiger partial charge is 0.276 e. The predicted octanol–water partition coefficient (Wildman–Crippen LogP) is 0.660. The summed E-state index contributed by atoms with van der Waals surface area (Å²) in [5.74, 6) is -0.0493. The molecule has 2 aliphatic rings. The van der Waals surface area contributed by atoms with Crippen LogP contribution in [0.3, 0.4) is 0 Å². The second-order valence-electron chi connectivity index (χ2n) is 7.94. The van der Waals surface area contributed by atoms with Gasteiger partial charge in [-0.1, -0.05) is 13.8 Å². The number of rotatable bonds is 3. The van der Waals surface area contributed by atoms with Crippen LogP contribution in [-0.2, 0) is 27.8 Å². The lowest BCUT2D eigenvalue weighted by molar-refractivity contribution is -0.135. The molecule has 2 aromatic rings. The second-order valence-corrected chi connectivity index (χ2v) is 9.88. The van der Waals surface area contributed by atoms with Crippen molar-refractivity contribution in [3.63, 3.8) is 0 Å². The first kappa shape index (κ1) is 19.1. The van der Waals surface area contributed by atoms with Crippen molar-refractivity contribution in [1.29, 1.82) is 0 Å². The molecule has 0 aliphatic carbocycles. The van der Waals surface area contributed by atoms with Crippen LogP contribution in [0.2, 0.25) is 0 Å². The van der Waals surface area contributed by atoms with Gasteiger partial charge in [-0.25, -0.2) is 17.9 Å². The number of sulfonamides is 1. The van der Waals surface area contributed by atoms with Crippen molar-refractivity contribution >= 4 is 21.6 Å². The summed E-state index contributed by atoms with van der Waals surface area (Å²) in [6.07, 6.45) is 3.15. The fourth-order valence-corrected chi connectivity index (χ4v) is 5.33. The highest BCUT2D eigenvalue weighted by atomic mass is 32.2. The first-order valence-electron chi connectivity index (χ1n) is 9.56. The van der Waals surface area contributed by atoms with Crippen molar-refractivity contribution in [3.8, 4) is 0 Å². The third-order valence-corrected chi connectivity index (χ3v) is 6.87. The van der Waals surface area contributed by atoms with E-state index >= 15 is 0 Å². The van der Waals surface area contributed by atoms with Gasteiger partial charge in [0.15, 0.2) is 5.65 Å². The monoisotopic (exact) mass is 407 g/mol. The largest absolute Gasteiger partial charge is 0.336 e. The molecule has 1 amide bonds. The van der Waals surface area contributed by atoms with E-state index in [4.69, 9.17) is 0 Å². The fourth-order valence-electron chi connectivity index (χ4n) is 4.18. The van der Waals surface area contributed by atoms with Gasteiger partial charge in [0.1, 0.15) is 0 Å². The van der Waals surface area contributed by atoms with Crippen molar-refractivity contribution in [2.45, 2.75) is 45.7 Å². The topological polar surface area (TPSA) is 108 Å². The van der Waals surface area contributed by atoms with Crippen molar-refractivity contribution in [1.82, 2.24) is 23.8 Å².